The number of aliphatic hydroxyl groups is 1. The molecule has 2 aliphatic rings. The van der Waals surface area contributed by atoms with Gasteiger partial charge in [-0.1, -0.05) is 36.5 Å². The van der Waals surface area contributed by atoms with E-state index < -0.39 is 0 Å². The first-order chi connectivity index (χ1) is 5.88. The van der Waals surface area contributed by atoms with Gasteiger partial charge in [-0.2, -0.15) is 0 Å². The molecule has 2 aliphatic carbocycles. The predicted octanol–water partition coefficient (Wildman–Crippen LogP) is 2.48. The molecule has 72 valence electrons. The molecule has 2 heteroatoms. The molecule has 0 fully saturated rings. The molecule has 3 atom stereocenters. The fraction of sp³-hybridized carbons (Fsp3) is 0.455. The summed E-state index contributed by atoms with van der Waals surface area (Å²) in [6, 6.07) is 0. The number of allylic oxidation sites excluding steroid dienone is 4. The summed E-state index contributed by atoms with van der Waals surface area (Å²) >= 11 is 0. The third kappa shape index (κ3) is 2.23. The topological polar surface area (TPSA) is 20.2 Å². The Hall–Kier alpha value is -0.530. The zero-order chi connectivity index (χ0) is 8.39. The summed E-state index contributed by atoms with van der Waals surface area (Å²) in [4.78, 5) is 0. The van der Waals surface area contributed by atoms with Gasteiger partial charge in [0.15, 0.2) is 0 Å². The summed E-state index contributed by atoms with van der Waals surface area (Å²) in [7, 11) is 0. The Morgan fingerprint density at radius 2 is 1.85 bits per heavy atom. The lowest BCUT2D eigenvalue weighted by molar-refractivity contribution is 0.154. The summed E-state index contributed by atoms with van der Waals surface area (Å²) in [5.74, 6) is 0.855. The molecule has 1 nitrogen and oxygen atoms in total. The highest BCUT2D eigenvalue weighted by Crippen LogP contribution is 2.30. The Morgan fingerprint density at radius 1 is 1.08 bits per heavy atom. The molecule has 0 aromatic heterocycles. The third-order valence-electron chi connectivity index (χ3n) is 2.69. The van der Waals surface area contributed by atoms with Crippen molar-refractivity contribution in [1.82, 2.24) is 0 Å². The molecule has 0 spiro atoms. The molecule has 0 saturated heterocycles. The molecule has 0 saturated carbocycles. The van der Waals surface area contributed by atoms with Gasteiger partial charge in [0, 0.05) is 5.92 Å². The van der Waals surface area contributed by atoms with E-state index in [0.717, 1.165) is 6.42 Å². The van der Waals surface area contributed by atoms with Crippen LogP contribution in [0.1, 0.15) is 12.8 Å². The molecule has 13 heavy (non-hydrogen) atoms. The van der Waals surface area contributed by atoms with Crippen LogP contribution in [0.2, 0.25) is 0 Å². The SMILES string of the molecule is Cl.OC1C=CCCC2C=CC=CC12. The van der Waals surface area contributed by atoms with Crippen molar-refractivity contribution >= 4 is 12.4 Å². The highest BCUT2D eigenvalue weighted by molar-refractivity contribution is 5.85. The van der Waals surface area contributed by atoms with Crippen molar-refractivity contribution in [3.8, 4) is 0 Å². The van der Waals surface area contributed by atoms with Gasteiger partial charge in [0.05, 0.1) is 6.10 Å². The molecule has 0 radical (unpaired) electrons. The van der Waals surface area contributed by atoms with Crippen LogP contribution >= 0.6 is 12.4 Å². The maximum atomic E-state index is 9.71. The zero-order valence-corrected chi connectivity index (χ0v) is 8.28. The smallest absolute Gasteiger partial charge is 0.0789 e. The van der Waals surface area contributed by atoms with Crippen molar-refractivity contribution in [1.29, 1.82) is 0 Å². The molecule has 0 aliphatic heterocycles. The summed E-state index contributed by atoms with van der Waals surface area (Å²) < 4.78 is 0. The van der Waals surface area contributed by atoms with Crippen LogP contribution in [0, 0.1) is 11.8 Å². The molecule has 0 aromatic carbocycles. The van der Waals surface area contributed by atoms with Crippen molar-refractivity contribution in [2.24, 2.45) is 11.8 Å². The fourth-order valence-electron chi connectivity index (χ4n) is 1.98. The van der Waals surface area contributed by atoms with Gasteiger partial charge in [0.2, 0.25) is 0 Å². The molecular formula is C11H15ClO. The minimum absolute atomic E-state index is 0. The van der Waals surface area contributed by atoms with Crippen LogP contribution in [0.5, 0.6) is 0 Å². The summed E-state index contributed by atoms with van der Waals surface area (Å²) in [6.07, 6.45) is 14.4. The van der Waals surface area contributed by atoms with E-state index in [1.54, 1.807) is 0 Å². The van der Waals surface area contributed by atoms with Crippen molar-refractivity contribution in [3.63, 3.8) is 0 Å². The quantitative estimate of drug-likeness (QED) is 0.593. The van der Waals surface area contributed by atoms with Crippen LogP contribution in [0.25, 0.3) is 0 Å². The monoisotopic (exact) mass is 198 g/mol. The highest BCUT2D eigenvalue weighted by Gasteiger charge is 2.25. The van der Waals surface area contributed by atoms with E-state index in [2.05, 4.69) is 24.3 Å². The minimum Gasteiger partial charge on any atom is -0.388 e. The number of halogens is 1. The van der Waals surface area contributed by atoms with E-state index in [-0.39, 0.29) is 18.5 Å². The minimum atomic E-state index is -0.279. The average molecular weight is 199 g/mol. The Kier molecular flexibility index (Phi) is 3.76. The maximum absolute atomic E-state index is 9.71. The first-order valence-corrected chi connectivity index (χ1v) is 4.57. The fourth-order valence-corrected chi connectivity index (χ4v) is 1.98. The van der Waals surface area contributed by atoms with Crippen LogP contribution in [0.3, 0.4) is 0 Å². The van der Waals surface area contributed by atoms with Gasteiger partial charge < -0.3 is 5.11 Å². The van der Waals surface area contributed by atoms with E-state index >= 15 is 0 Å². The van der Waals surface area contributed by atoms with E-state index in [4.69, 9.17) is 0 Å². The van der Waals surface area contributed by atoms with E-state index in [9.17, 15) is 5.11 Å². The average Bonchev–Trinajstić information content (AvgIpc) is 2.29. The summed E-state index contributed by atoms with van der Waals surface area (Å²) in [5.41, 5.74) is 0. The second kappa shape index (κ2) is 4.64. The van der Waals surface area contributed by atoms with Gasteiger partial charge >= 0.3 is 0 Å². The molecular weight excluding hydrogens is 184 g/mol. The van der Waals surface area contributed by atoms with E-state index in [0.29, 0.717) is 11.8 Å². The Bertz CT molecular complexity index is 242. The van der Waals surface area contributed by atoms with Crippen LogP contribution in [0.15, 0.2) is 36.5 Å². The standard InChI is InChI=1S/C11H14O.ClH/c12-11-8-4-2-6-9-5-1-3-7-10(9)11;/h1,3-5,7-12H,2,6H2;1H. The van der Waals surface area contributed by atoms with Crippen LogP contribution in [-0.2, 0) is 0 Å². The van der Waals surface area contributed by atoms with Gasteiger partial charge in [0.25, 0.3) is 0 Å². The number of rotatable bonds is 0. The molecule has 1 N–H and O–H groups in total. The molecule has 0 amide bonds. The number of hydrogen-bond donors (Lipinski definition) is 1. The van der Waals surface area contributed by atoms with Crippen LogP contribution < -0.4 is 0 Å². The summed E-state index contributed by atoms with van der Waals surface area (Å²) in [5, 5.41) is 9.71. The highest BCUT2D eigenvalue weighted by atomic mass is 35.5. The van der Waals surface area contributed by atoms with Gasteiger partial charge in [0.1, 0.15) is 0 Å². The van der Waals surface area contributed by atoms with Crippen molar-refractivity contribution in [2.75, 3.05) is 0 Å². The Labute approximate surface area is 85.3 Å². The number of aliphatic hydroxyl groups excluding tert-OH is 1. The van der Waals surface area contributed by atoms with Crippen molar-refractivity contribution in [2.45, 2.75) is 18.9 Å². The van der Waals surface area contributed by atoms with Gasteiger partial charge in [-0.05, 0) is 18.8 Å². The Morgan fingerprint density at radius 3 is 2.69 bits per heavy atom. The van der Waals surface area contributed by atoms with Crippen LogP contribution in [-0.4, -0.2) is 11.2 Å². The lowest BCUT2D eigenvalue weighted by atomic mass is 9.83. The molecule has 0 heterocycles. The lowest BCUT2D eigenvalue weighted by Crippen LogP contribution is -2.23. The van der Waals surface area contributed by atoms with Gasteiger partial charge in [-0.3, -0.25) is 0 Å². The number of fused-ring (bicyclic) bond motifs is 1. The van der Waals surface area contributed by atoms with Crippen molar-refractivity contribution in [3.05, 3.63) is 36.5 Å². The van der Waals surface area contributed by atoms with Crippen LogP contribution in [0.4, 0.5) is 0 Å². The number of hydrogen-bond acceptors (Lipinski definition) is 1. The molecule has 0 aromatic rings. The van der Waals surface area contributed by atoms with E-state index in [1.165, 1.54) is 6.42 Å². The largest absolute Gasteiger partial charge is 0.388 e. The second-order valence-corrected chi connectivity index (χ2v) is 3.51. The zero-order valence-electron chi connectivity index (χ0n) is 7.47. The van der Waals surface area contributed by atoms with Gasteiger partial charge in [-0.15, -0.1) is 12.4 Å². The molecule has 2 rings (SSSR count). The normalized spacial score (nSPS) is 36.2. The molecule has 0 bridgehead atoms. The first-order valence-electron chi connectivity index (χ1n) is 4.57. The second-order valence-electron chi connectivity index (χ2n) is 3.51. The summed E-state index contributed by atoms with van der Waals surface area (Å²) in [6.45, 7) is 0. The molecule has 3 unspecified atom stereocenters. The Balaban J connectivity index is 0.000000845. The van der Waals surface area contributed by atoms with Crippen molar-refractivity contribution < 1.29 is 5.11 Å². The first kappa shape index (κ1) is 10.6. The predicted molar refractivity (Wildman–Crippen MR) is 56.9 cm³/mol. The maximum Gasteiger partial charge on any atom is 0.0789 e. The van der Waals surface area contributed by atoms with E-state index in [1.807, 2.05) is 12.2 Å². The third-order valence-corrected chi connectivity index (χ3v) is 2.69. The lowest BCUT2D eigenvalue weighted by Gasteiger charge is -2.24. The van der Waals surface area contributed by atoms with Gasteiger partial charge in [-0.25, -0.2) is 0 Å².